The van der Waals surface area contributed by atoms with Crippen molar-refractivity contribution < 1.29 is 9.90 Å². The molecule has 0 bridgehead atoms. The van der Waals surface area contributed by atoms with E-state index < -0.39 is 5.97 Å². The van der Waals surface area contributed by atoms with E-state index in [-0.39, 0.29) is 12.5 Å². The standard InChI is InChI=1S/C12H17N3O2/c16-12(17)7-11-8-14-5-6-15(11)9-10-1-3-13-4-2-10/h1-4,11,14H,5-9H2,(H,16,17)/t11-/m0/s1. The Hall–Kier alpha value is -1.46. The van der Waals surface area contributed by atoms with Gasteiger partial charge in [0.2, 0.25) is 0 Å². The fraction of sp³-hybridized carbons (Fsp3) is 0.500. The van der Waals surface area contributed by atoms with E-state index in [0.29, 0.717) is 0 Å². The van der Waals surface area contributed by atoms with Gasteiger partial charge in [-0.1, -0.05) is 0 Å². The summed E-state index contributed by atoms with van der Waals surface area (Å²) in [4.78, 5) is 17.0. The first-order chi connectivity index (χ1) is 8.25. The van der Waals surface area contributed by atoms with Crippen molar-refractivity contribution in [2.45, 2.75) is 19.0 Å². The highest BCUT2D eigenvalue weighted by atomic mass is 16.4. The van der Waals surface area contributed by atoms with Gasteiger partial charge in [-0.05, 0) is 17.7 Å². The van der Waals surface area contributed by atoms with Crippen LogP contribution in [0.2, 0.25) is 0 Å². The molecule has 1 aliphatic heterocycles. The lowest BCUT2D eigenvalue weighted by Gasteiger charge is -2.35. The van der Waals surface area contributed by atoms with Crippen molar-refractivity contribution in [3.8, 4) is 0 Å². The zero-order chi connectivity index (χ0) is 12.1. The lowest BCUT2D eigenvalue weighted by atomic mass is 10.1. The molecule has 1 aromatic rings. The SMILES string of the molecule is O=C(O)C[C@H]1CNCCN1Cc1ccncc1. The molecule has 17 heavy (non-hydrogen) atoms. The monoisotopic (exact) mass is 235 g/mol. The first-order valence-electron chi connectivity index (χ1n) is 5.81. The number of aliphatic carboxylic acids is 1. The van der Waals surface area contributed by atoms with Gasteiger partial charge in [0.15, 0.2) is 0 Å². The first-order valence-corrected chi connectivity index (χ1v) is 5.81. The highest BCUT2D eigenvalue weighted by molar-refractivity contribution is 5.67. The summed E-state index contributed by atoms with van der Waals surface area (Å²) >= 11 is 0. The Morgan fingerprint density at radius 2 is 2.29 bits per heavy atom. The number of aromatic nitrogens is 1. The third-order valence-corrected chi connectivity index (χ3v) is 3.02. The Morgan fingerprint density at radius 1 is 1.53 bits per heavy atom. The summed E-state index contributed by atoms with van der Waals surface area (Å²) in [6.07, 6.45) is 3.73. The number of piperazine rings is 1. The quantitative estimate of drug-likeness (QED) is 0.787. The number of nitrogens with one attached hydrogen (secondary N) is 1. The molecule has 1 aromatic heterocycles. The van der Waals surface area contributed by atoms with E-state index in [0.717, 1.165) is 26.2 Å². The van der Waals surface area contributed by atoms with Crippen LogP contribution in [-0.4, -0.2) is 46.6 Å². The first kappa shape index (κ1) is 12.0. The molecule has 0 aromatic carbocycles. The number of carboxylic acids is 1. The second-order valence-corrected chi connectivity index (χ2v) is 4.28. The van der Waals surface area contributed by atoms with Gasteiger partial charge in [0.25, 0.3) is 0 Å². The lowest BCUT2D eigenvalue weighted by molar-refractivity contribution is -0.138. The maximum Gasteiger partial charge on any atom is 0.304 e. The minimum Gasteiger partial charge on any atom is -0.481 e. The van der Waals surface area contributed by atoms with Crippen LogP contribution in [0.15, 0.2) is 24.5 Å². The van der Waals surface area contributed by atoms with Crippen molar-refractivity contribution in [2.24, 2.45) is 0 Å². The summed E-state index contributed by atoms with van der Waals surface area (Å²) in [6.45, 7) is 3.35. The molecule has 0 aliphatic carbocycles. The van der Waals surface area contributed by atoms with Crippen molar-refractivity contribution in [3.05, 3.63) is 30.1 Å². The highest BCUT2D eigenvalue weighted by Crippen LogP contribution is 2.12. The second kappa shape index (κ2) is 5.75. The smallest absolute Gasteiger partial charge is 0.304 e. The van der Waals surface area contributed by atoms with Gasteiger partial charge in [-0.25, -0.2) is 0 Å². The predicted molar refractivity (Wildman–Crippen MR) is 63.6 cm³/mol. The summed E-state index contributed by atoms with van der Waals surface area (Å²) in [7, 11) is 0. The minimum atomic E-state index is -0.738. The van der Waals surface area contributed by atoms with Crippen LogP contribution in [0, 0.1) is 0 Å². The molecular formula is C12H17N3O2. The molecule has 2 N–H and O–H groups in total. The Balaban J connectivity index is 1.99. The van der Waals surface area contributed by atoms with E-state index >= 15 is 0 Å². The number of hydrogen-bond donors (Lipinski definition) is 2. The van der Waals surface area contributed by atoms with Gasteiger partial charge in [-0.15, -0.1) is 0 Å². The maximum absolute atomic E-state index is 10.8. The third kappa shape index (κ3) is 3.51. The average Bonchev–Trinajstić information content (AvgIpc) is 2.32. The molecule has 2 rings (SSSR count). The van der Waals surface area contributed by atoms with E-state index in [2.05, 4.69) is 15.2 Å². The zero-order valence-electron chi connectivity index (χ0n) is 9.67. The molecule has 0 unspecified atom stereocenters. The number of carboxylic acid groups (broad SMARTS) is 1. The number of hydrogen-bond acceptors (Lipinski definition) is 4. The molecule has 5 heteroatoms. The number of nitrogens with zero attached hydrogens (tertiary/aromatic N) is 2. The molecule has 1 fully saturated rings. The molecule has 0 spiro atoms. The molecule has 92 valence electrons. The van der Waals surface area contributed by atoms with Crippen molar-refractivity contribution >= 4 is 5.97 Å². The molecular weight excluding hydrogens is 218 g/mol. The maximum atomic E-state index is 10.8. The lowest BCUT2D eigenvalue weighted by Crippen LogP contribution is -2.51. The van der Waals surface area contributed by atoms with Gasteiger partial charge in [0, 0.05) is 44.6 Å². The summed E-state index contributed by atoms with van der Waals surface area (Å²) in [5.41, 5.74) is 1.18. The van der Waals surface area contributed by atoms with Gasteiger partial charge in [-0.2, -0.15) is 0 Å². The molecule has 5 nitrogen and oxygen atoms in total. The molecule has 2 heterocycles. The van der Waals surface area contributed by atoms with Gasteiger partial charge < -0.3 is 10.4 Å². The van der Waals surface area contributed by atoms with Crippen LogP contribution in [0.5, 0.6) is 0 Å². The minimum absolute atomic E-state index is 0.0782. The van der Waals surface area contributed by atoms with E-state index in [9.17, 15) is 4.79 Å². The summed E-state index contributed by atoms with van der Waals surface area (Å²) in [5.74, 6) is -0.738. The third-order valence-electron chi connectivity index (χ3n) is 3.02. The second-order valence-electron chi connectivity index (χ2n) is 4.28. The largest absolute Gasteiger partial charge is 0.481 e. The van der Waals surface area contributed by atoms with Crippen LogP contribution >= 0.6 is 0 Å². The Labute approximate surface area is 100 Å². The van der Waals surface area contributed by atoms with Gasteiger partial charge >= 0.3 is 5.97 Å². The van der Waals surface area contributed by atoms with Crippen molar-refractivity contribution in [1.82, 2.24) is 15.2 Å². The van der Waals surface area contributed by atoms with E-state index in [1.54, 1.807) is 12.4 Å². The van der Waals surface area contributed by atoms with Crippen molar-refractivity contribution in [3.63, 3.8) is 0 Å². The van der Waals surface area contributed by atoms with E-state index in [1.165, 1.54) is 5.56 Å². The summed E-state index contributed by atoms with van der Waals surface area (Å²) < 4.78 is 0. The average molecular weight is 235 g/mol. The number of pyridine rings is 1. The number of rotatable bonds is 4. The van der Waals surface area contributed by atoms with Crippen LogP contribution < -0.4 is 5.32 Å². The predicted octanol–water partition coefficient (Wildman–Crippen LogP) is 0.330. The summed E-state index contributed by atoms with van der Waals surface area (Å²) in [6, 6.07) is 4.02. The van der Waals surface area contributed by atoms with Crippen molar-refractivity contribution in [1.29, 1.82) is 0 Å². The van der Waals surface area contributed by atoms with Crippen LogP contribution in [0.25, 0.3) is 0 Å². The zero-order valence-corrected chi connectivity index (χ0v) is 9.67. The summed E-state index contributed by atoms with van der Waals surface area (Å²) in [5, 5.41) is 12.1. The number of carbonyl (C=O) groups is 1. The van der Waals surface area contributed by atoms with Gasteiger partial charge in [-0.3, -0.25) is 14.7 Å². The van der Waals surface area contributed by atoms with Crippen LogP contribution in [-0.2, 0) is 11.3 Å². The topological polar surface area (TPSA) is 65.5 Å². The van der Waals surface area contributed by atoms with Crippen LogP contribution in [0.3, 0.4) is 0 Å². The van der Waals surface area contributed by atoms with E-state index in [1.807, 2.05) is 12.1 Å². The highest BCUT2D eigenvalue weighted by Gasteiger charge is 2.24. The van der Waals surface area contributed by atoms with E-state index in [4.69, 9.17) is 5.11 Å². The van der Waals surface area contributed by atoms with Crippen LogP contribution in [0.4, 0.5) is 0 Å². The van der Waals surface area contributed by atoms with Gasteiger partial charge in [0.05, 0.1) is 6.42 Å². The Kier molecular flexibility index (Phi) is 4.06. The normalized spacial score (nSPS) is 21.3. The molecule has 1 aliphatic rings. The Bertz CT molecular complexity index is 369. The Morgan fingerprint density at radius 3 is 3.00 bits per heavy atom. The molecule has 0 saturated carbocycles. The molecule has 1 saturated heterocycles. The fourth-order valence-corrected chi connectivity index (χ4v) is 2.14. The molecule has 1 atom stereocenters. The fourth-order valence-electron chi connectivity index (χ4n) is 2.14. The molecule has 0 radical (unpaired) electrons. The van der Waals surface area contributed by atoms with Crippen molar-refractivity contribution in [2.75, 3.05) is 19.6 Å². The van der Waals surface area contributed by atoms with Crippen LogP contribution in [0.1, 0.15) is 12.0 Å². The molecule has 0 amide bonds. The van der Waals surface area contributed by atoms with Gasteiger partial charge in [0.1, 0.15) is 0 Å².